The molecular formula is C17H37NO6Si. The summed E-state index contributed by atoms with van der Waals surface area (Å²) < 4.78 is 27.6. The monoisotopic (exact) mass is 379 g/mol. The van der Waals surface area contributed by atoms with Crippen molar-refractivity contribution in [1.82, 2.24) is 4.90 Å². The molecule has 1 heterocycles. The van der Waals surface area contributed by atoms with Crippen LogP contribution in [0.4, 0.5) is 0 Å². The first-order valence-corrected chi connectivity index (χ1v) is 12.6. The van der Waals surface area contributed by atoms with Crippen molar-refractivity contribution in [3.63, 3.8) is 0 Å². The van der Waals surface area contributed by atoms with Crippen LogP contribution < -0.4 is 0 Å². The van der Waals surface area contributed by atoms with Gasteiger partial charge < -0.3 is 28.5 Å². The zero-order valence-electron chi connectivity index (χ0n) is 16.0. The highest BCUT2D eigenvalue weighted by molar-refractivity contribution is 6.69. The van der Waals surface area contributed by atoms with Crippen LogP contribution in [0, 0.1) is 0 Å². The second kappa shape index (κ2) is 15.0. The molecule has 0 aromatic heterocycles. The third kappa shape index (κ3) is 15.9. The first-order valence-electron chi connectivity index (χ1n) is 9.41. The summed E-state index contributed by atoms with van der Waals surface area (Å²) in [5.41, 5.74) is 0. The highest BCUT2D eigenvalue weighted by atomic mass is 28.4. The normalized spacial score (nSPS) is 22.2. The first kappa shape index (κ1) is 23.0. The molecule has 0 bridgehead atoms. The second-order valence-electron chi connectivity index (χ2n) is 6.82. The van der Waals surface area contributed by atoms with Crippen molar-refractivity contribution in [3.05, 3.63) is 0 Å². The number of hydrogen-bond donors (Lipinski definition) is 1. The molecule has 1 saturated heterocycles. The lowest BCUT2D eigenvalue weighted by Crippen LogP contribution is -2.34. The molecule has 0 spiro atoms. The molecule has 8 heteroatoms. The summed E-state index contributed by atoms with van der Waals surface area (Å²) in [5, 5.41) is 0. The number of ether oxygens (including phenoxy) is 5. The van der Waals surface area contributed by atoms with Gasteiger partial charge in [0.05, 0.1) is 66.1 Å². The van der Waals surface area contributed by atoms with E-state index in [1.807, 2.05) is 13.1 Å². The van der Waals surface area contributed by atoms with Gasteiger partial charge in [-0.05, 0) is 32.1 Å². The molecule has 1 N–H and O–H groups in total. The SMILES string of the molecule is C[Si](C)(O)CCCN1CCOCCOCCOCCOCCOCC1. The van der Waals surface area contributed by atoms with Gasteiger partial charge in [0.25, 0.3) is 0 Å². The molecule has 0 unspecified atom stereocenters. The zero-order chi connectivity index (χ0) is 18.2. The number of nitrogens with zero attached hydrogens (tertiary/aromatic N) is 1. The molecule has 25 heavy (non-hydrogen) atoms. The highest BCUT2D eigenvalue weighted by Crippen LogP contribution is 2.08. The van der Waals surface area contributed by atoms with Crippen LogP contribution in [0.25, 0.3) is 0 Å². The van der Waals surface area contributed by atoms with E-state index in [2.05, 4.69) is 4.90 Å². The first-order chi connectivity index (χ1) is 12.1. The molecule has 0 atom stereocenters. The molecule has 0 radical (unpaired) electrons. The summed E-state index contributed by atoms with van der Waals surface area (Å²) >= 11 is 0. The van der Waals surface area contributed by atoms with E-state index in [1.165, 1.54) is 0 Å². The van der Waals surface area contributed by atoms with Crippen molar-refractivity contribution in [1.29, 1.82) is 0 Å². The molecule has 1 aliphatic rings. The zero-order valence-corrected chi connectivity index (χ0v) is 17.0. The van der Waals surface area contributed by atoms with Gasteiger partial charge in [0, 0.05) is 13.1 Å². The van der Waals surface area contributed by atoms with Gasteiger partial charge in [0.2, 0.25) is 0 Å². The third-order valence-electron chi connectivity index (χ3n) is 3.85. The van der Waals surface area contributed by atoms with Crippen molar-refractivity contribution >= 4 is 8.32 Å². The lowest BCUT2D eigenvalue weighted by Gasteiger charge is -2.23. The molecule has 0 aromatic rings. The van der Waals surface area contributed by atoms with Crippen LogP contribution in [0.2, 0.25) is 19.1 Å². The summed E-state index contributed by atoms with van der Waals surface area (Å²) in [6, 6.07) is 0.926. The Balaban J connectivity index is 2.27. The summed E-state index contributed by atoms with van der Waals surface area (Å²) in [6.45, 7) is 12.8. The van der Waals surface area contributed by atoms with Crippen molar-refractivity contribution < 1.29 is 28.5 Å². The van der Waals surface area contributed by atoms with Gasteiger partial charge in [-0.25, -0.2) is 0 Å². The average Bonchev–Trinajstić information content (AvgIpc) is 2.55. The molecule has 1 rings (SSSR count). The highest BCUT2D eigenvalue weighted by Gasteiger charge is 2.16. The van der Waals surface area contributed by atoms with Crippen LogP contribution in [0.15, 0.2) is 0 Å². The average molecular weight is 380 g/mol. The van der Waals surface area contributed by atoms with Crippen molar-refractivity contribution in [2.45, 2.75) is 25.6 Å². The standard InChI is InChI=1S/C17H37NO6Si/c1-25(2,19)17-3-4-18-5-7-20-9-11-22-13-15-24-16-14-23-12-10-21-8-6-18/h19H,3-17H2,1-2H3. The Morgan fingerprint density at radius 2 is 1.04 bits per heavy atom. The Labute approximate surface area is 153 Å². The molecule has 0 amide bonds. The van der Waals surface area contributed by atoms with Crippen LogP contribution in [0.5, 0.6) is 0 Å². The maximum atomic E-state index is 9.98. The molecule has 0 aromatic carbocycles. The molecule has 1 fully saturated rings. The summed E-state index contributed by atoms with van der Waals surface area (Å²) in [4.78, 5) is 12.3. The quantitative estimate of drug-likeness (QED) is 0.730. The van der Waals surface area contributed by atoms with Gasteiger partial charge in [0.1, 0.15) is 0 Å². The van der Waals surface area contributed by atoms with E-state index in [0.717, 1.165) is 32.1 Å². The minimum Gasteiger partial charge on any atom is -0.432 e. The minimum atomic E-state index is -1.96. The molecule has 0 aliphatic carbocycles. The summed E-state index contributed by atoms with van der Waals surface area (Å²) in [5.74, 6) is 0. The van der Waals surface area contributed by atoms with Gasteiger partial charge in [0.15, 0.2) is 8.32 Å². The molecular weight excluding hydrogens is 342 g/mol. The largest absolute Gasteiger partial charge is 0.432 e. The maximum Gasteiger partial charge on any atom is 0.182 e. The van der Waals surface area contributed by atoms with Crippen LogP contribution in [0.3, 0.4) is 0 Å². The lowest BCUT2D eigenvalue weighted by atomic mass is 10.4. The predicted octanol–water partition coefficient (Wildman–Crippen LogP) is 0.973. The van der Waals surface area contributed by atoms with Gasteiger partial charge >= 0.3 is 0 Å². The van der Waals surface area contributed by atoms with E-state index < -0.39 is 8.32 Å². The van der Waals surface area contributed by atoms with E-state index >= 15 is 0 Å². The Hall–Kier alpha value is -0.0631. The molecule has 150 valence electrons. The van der Waals surface area contributed by atoms with E-state index in [0.29, 0.717) is 66.1 Å². The van der Waals surface area contributed by atoms with Crippen molar-refractivity contribution in [2.24, 2.45) is 0 Å². The summed E-state index contributed by atoms with van der Waals surface area (Å²) in [7, 11) is -1.96. The van der Waals surface area contributed by atoms with Crippen molar-refractivity contribution in [2.75, 3.05) is 85.7 Å². The topological polar surface area (TPSA) is 69.6 Å². The fourth-order valence-electron chi connectivity index (χ4n) is 2.44. The smallest absolute Gasteiger partial charge is 0.182 e. The third-order valence-corrected chi connectivity index (χ3v) is 5.43. The molecule has 1 aliphatic heterocycles. The second-order valence-corrected chi connectivity index (χ2v) is 10.9. The lowest BCUT2D eigenvalue weighted by molar-refractivity contribution is -0.0185. The summed E-state index contributed by atoms with van der Waals surface area (Å²) in [6.07, 6.45) is 1.02. The molecule has 7 nitrogen and oxygen atoms in total. The fourth-order valence-corrected chi connectivity index (χ4v) is 3.46. The minimum absolute atomic E-state index is 0.582. The fraction of sp³-hybridized carbons (Fsp3) is 1.00. The Morgan fingerprint density at radius 1 is 0.680 bits per heavy atom. The molecule has 0 saturated carbocycles. The predicted molar refractivity (Wildman–Crippen MR) is 99.7 cm³/mol. The number of rotatable bonds is 4. The van der Waals surface area contributed by atoms with Crippen LogP contribution in [-0.4, -0.2) is 104 Å². The van der Waals surface area contributed by atoms with Crippen molar-refractivity contribution in [3.8, 4) is 0 Å². The van der Waals surface area contributed by atoms with Crippen LogP contribution >= 0.6 is 0 Å². The van der Waals surface area contributed by atoms with E-state index in [1.54, 1.807) is 0 Å². The van der Waals surface area contributed by atoms with Gasteiger partial charge in [-0.1, -0.05) is 0 Å². The van der Waals surface area contributed by atoms with Crippen LogP contribution in [0.1, 0.15) is 6.42 Å². The van der Waals surface area contributed by atoms with Gasteiger partial charge in [-0.2, -0.15) is 0 Å². The van der Waals surface area contributed by atoms with Crippen LogP contribution in [-0.2, 0) is 23.7 Å². The van der Waals surface area contributed by atoms with E-state index in [-0.39, 0.29) is 0 Å². The van der Waals surface area contributed by atoms with E-state index in [9.17, 15) is 4.80 Å². The van der Waals surface area contributed by atoms with Gasteiger partial charge in [-0.3, -0.25) is 4.90 Å². The maximum absolute atomic E-state index is 9.98. The Bertz CT molecular complexity index is 285. The number of hydrogen-bond acceptors (Lipinski definition) is 7. The van der Waals surface area contributed by atoms with Gasteiger partial charge in [-0.15, -0.1) is 0 Å². The Morgan fingerprint density at radius 3 is 1.40 bits per heavy atom. The van der Waals surface area contributed by atoms with E-state index in [4.69, 9.17) is 23.7 Å². The Kier molecular flexibility index (Phi) is 13.8.